The van der Waals surface area contributed by atoms with Gasteiger partial charge in [0.2, 0.25) is 5.91 Å². The summed E-state index contributed by atoms with van der Waals surface area (Å²) in [6.07, 6.45) is 1.35. The Morgan fingerprint density at radius 3 is 2.41 bits per heavy atom. The Labute approximate surface area is 160 Å². The lowest BCUT2D eigenvalue weighted by molar-refractivity contribution is -0.136. The van der Waals surface area contributed by atoms with Crippen LogP contribution < -0.4 is 10.1 Å². The first-order chi connectivity index (χ1) is 13.0. The maximum atomic E-state index is 12.5. The molecule has 5 nitrogen and oxygen atoms in total. The number of ether oxygens (including phenoxy) is 1. The lowest BCUT2D eigenvalue weighted by Crippen LogP contribution is -2.43. The Bertz CT molecular complexity index is 793. The second-order valence-electron chi connectivity index (χ2n) is 7.12. The number of rotatable bonds is 5. The molecule has 2 aromatic carbocycles. The number of nitrogens with zero attached hydrogens (tertiary/aromatic N) is 1. The number of hydrogen-bond acceptors (Lipinski definition) is 3. The Morgan fingerprint density at radius 2 is 1.74 bits per heavy atom. The predicted octanol–water partition coefficient (Wildman–Crippen LogP) is 3.56. The average Bonchev–Trinajstić information content (AvgIpc) is 2.67. The van der Waals surface area contributed by atoms with Crippen molar-refractivity contribution < 1.29 is 14.3 Å². The van der Waals surface area contributed by atoms with E-state index in [-0.39, 0.29) is 24.3 Å². The highest BCUT2D eigenvalue weighted by molar-refractivity contribution is 5.92. The number of piperidine rings is 1. The summed E-state index contributed by atoms with van der Waals surface area (Å²) in [7, 11) is 0. The Kier molecular flexibility index (Phi) is 6.12. The minimum atomic E-state index is -0.0624. The molecule has 0 radical (unpaired) electrons. The average molecular weight is 366 g/mol. The summed E-state index contributed by atoms with van der Waals surface area (Å²) in [5.41, 5.74) is 3.09. The molecule has 1 heterocycles. The molecule has 0 aromatic heterocycles. The predicted molar refractivity (Wildman–Crippen MR) is 106 cm³/mol. The van der Waals surface area contributed by atoms with Gasteiger partial charge in [-0.05, 0) is 56.5 Å². The molecule has 1 aliphatic rings. The zero-order valence-corrected chi connectivity index (χ0v) is 15.9. The number of nitrogens with one attached hydrogen (secondary N) is 1. The van der Waals surface area contributed by atoms with Crippen molar-refractivity contribution in [1.29, 1.82) is 0 Å². The van der Waals surface area contributed by atoms with Gasteiger partial charge in [0.15, 0.2) is 6.61 Å². The van der Waals surface area contributed by atoms with E-state index in [1.165, 1.54) is 0 Å². The van der Waals surface area contributed by atoms with Gasteiger partial charge < -0.3 is 15.0 Å². The summed E-state index contributed by atoms with van der Waals surface area (Å²) in [5.74, 6) is 0.630. The third-order valence-electron chi connectivity index (χ3n) is 4.89. The van der Waals surface area contributed by atoms with Crippen LogP contribution >= 0.6 is 0 Å². The van der Waals surface area contributed by atoms with Gasteiger partial charge in [0.1, 0.15) is 5.75 Å². The molecule has 1 fully saturated rings. The second kappa shape index (κ2) is 8.71. The number of carbonyl (C=O) groups is 2. The summed E-state index contributed by atoms with van der Waals surface area (Å²) >= 11 is 0. The van der Waals surface area contributed by atoms with Crippen LogP contribution in [0, 0.1) is 19.8 Å². The van der Waals surface area contributed by atoms with Gasteiger partial charge in [-0.2, -0.15) is 0 Å². The number of aryl methyl sites for hydroxylation is 2. The second-order valence-corrected chi connectivity index (χ2v) is 7.12. The van der Waals surface area contributed by atoms with Crippen molar-refractivity contribution in [2.75, 3.05) is 25.0 Å². The van der Waals surface area contributed by atoms with Crippen LogP contribution in [0.4, 0.5) is 5.69 Å². The summed E-state index contributed by atoms with van der Waals surface area (Å²) in [4.78, 5) is 26.6. The van der Waals surface area contributed by atoms with Crippen LogP contribution in [-0.2, 0) is 9.59 Å². The monoisotopic (exact) mass is 366 g/mol. The topological polar surface area (TPSA) is 58.6 Å². The molecule has 0 spiro atoms. The van der Waals surface area contributed by atoms with E-state index in [0.717, 1.165) is 16.8 Å². The highest BCUT2D eigenvalue weighted by Crippen LogP contribution is 2.20. The quantitative estimate of drug-likeness (QED) is 0.880. The molecular formula is C22H26N2O3. The van der Waals surface area contributed by atoms with Gasteiger partial charge in [0.25, 0.3) is 5.91 Å². The first-order valence-electron chi connectivity index (χ1n) is 9.36. The SMILES string of the molecule is Cc1ccc(OCC(=O)N2CCC(C(=O)Nc3cccc(C)c3)CC2)cc1. The number of likely N-dealkylation sites (tertiary alicyclic amines) is 1. The van der Waals surface area contributed by atoms with Gasteiger partial charge in [-0.15, -0.1) is 0 Å². The molecule has 142 valence electrons. The Balaban J connectivity index is 1.44. The molecular weight excluding hydrogens is 340 g/mol. The molecule has 0 saturated carbocycles. The van der Waals surface area contributed by atoms with Crippen molar-refractivity contribution in [3.63, 3.8) is 0 Å². The van der Waals surface area contributed by atoms with Crippen LogP contribution in [0.1, 0.15) is 24.0 Å². The van der Waals surface area contributed by atoms with E-state index in [1.54, 1.807) is 4.90 Å². The van der Waals surface area contributed by atoms with Crippen molar-refractivity contribution in [2.45, 2.75) is 26.7 Å². The van der Waals surface area contributed by atoms with Crippen LogP contribution in [0.15, 0.2) is 48.5 Å². The fourth-order valence-electron chi connectivity index (χ4n) is 3.23. The van der Waals surface area contributed by atoms with Crippen LogP contribution in [0.25, 0.3) is 0 Å². The molecule has 2 aromatic rings. The van der Waals surface area contributed by atoms with E-state index in [2.05, 4.69) is 5.32 Å². The standard InChI is InChI=1S/C22H26N2O3/c1-16-6-8-20(9-7-16)27-15-21(25)24-12-10-18(11-13-24)22(26)23-19-5-3-4-17(2)14-19/h3-9,14,18H,10-13,15H2,1-2H3,(H,23,26). The smallest absolute Gasteiger partial charge is 0.260 e. The first kappa shape index (κ1) is 19.0. The molecule has 0 unspecified atom stereocenters. The summed E-state index contributed by atoms with van der Waals surface area (Å²) in [6.45, 7) is 5.21. The minimum absolute atomic E-state index is 0.0310. The maximum Gasteiger partial charge on any atom is 0.260 e. The zero-order valence-electron chi connectivity index (χ0n) is 15.9. The Hall–Kier alpha value is -2.82. The van der Waals surface area contributed by atoms with Gasteiger partial charge in [-0.1, -0.05) is 29.8 Å². The fraction of sp³-hybridized carbons (Fsp3) is 0.364. The number of hydrogen-bond donors (Lipinski definition) is 1. The van der Waals surface area contributed by atoms with E-state index < -0.39 is 0 Å². The van der Waals surface area contributed by atoms with Crippen molar-refractivity contribution in [3.8, 4) is 5.75 Å². The normalized spacial score (nSPS) is 14.7. The van der Waals surface area contributed by atoms with Crippen LogP contribution in [0.2, 0.25) is 0 Å². The summed E-state index contributed by atoms with van der Waals surface area (Å²) in [5, 5.41) is 2.98. The lowest BCUT2D eigenvalue weighted by Gasteiger charge is -2.31. The fourth-order valence-corrected chi connectivity index (χ4v) is 3.23. The largest absolute Gasteiger partial charge is 0.484 e. The number of carbonyl (C=O) groups excluding carboxylic acids is 2. The maximum absolute atomic E-state index is 12.5. The van der Waals surface area contributed by atoms with Gasteiger partial charge >= 0.3 is 0 Å². The molecule has 0 bridgehead atoms. The van der Waals surface area contributed by atoms with Gasteiger partial charge in [0.05, 0.1) is 0 Å². The van der Waals surface area contributed by atoms with E-state index >= 15 is 0 Å². The van der Waals surface area contributed by atoms with Crippen LogP contribution in [0.5, 0.6) is 5.75 Å². The molecule has 1 saturated heterocycles. The van der Waals surface area contributed by atoms with Gasteiger partial charge in [0, 0.05) is 24.7 Å². The third-order valence-corrected chi connectivity index (χ3v) is 4.89. The minimum Gasteiger partial charge on any atom is -0.484 e. The van der Waals surface area contributed by atoms with Crippen LogP contribution in [0.3, 0.4) is 0 Å². The third kappa shape index (κ3) is 5.33. The van der Waals surface area contributed by atoms with E-state index in [1.807, 2.05) is 62.4 Å². The number of anilines is 1. The number of amides is 2. The molecule has 3 rings (SSSR count). The van der Waals surface area contributed by atoms with Gasteiger partial charge in [-0.3, -0.25) is 9.59 Å². The van der Waals surface area contributed by atoms with Crippen molar-refractivity contribution in [2.24, 2.45) is 5.92 Å². The van der Waals surface area contributed by atoms with Crippen LogP contribution in [-0.4, -0.2) is 36.4 Å². The van der Waals surface area contributed by atoms with E-state index in [0.29, 0.717) is 31.7 Å². The zero-order chi connectivity index (χ0) is 19.2. The molecule has 27 heavy (non-hydrogen) atoms. The molecule has 0 aliphatic carbocycles. The molecule has 1 N–H and O–H groups in total. The van der Waals surface area contributed by atoms with Crippen molar-refractivity contribution >= 4 is 17.5 Å². The van der Waals surface area contributed by atoms with E-state index in [9.17, 15) is 9.59 Å². The number of benzene rings is 2. The highest BCUT2D eigenvalue weighted by atomic mass is 16.5. The molecule has 2 amide bonds. The Morgan fingerprint density at radius 1 is 1.04 bits per heavy atom. The summed E-state index contributed by atoms with van der Waals surface area (Å²) < 4.78 is 5.57. The van der Waals surface area contributed by atoms with Crippen molar-refractivity contribution in [3.05, 3.63) is 59.7 Å². The highest BCUT2D eigenvalue weighted by Gasteiger charge is 2.27. The molecule has 1 aliphatic heterocycles. The lowest BCUT2D eigenvalue weighted by atomic mass is 9.95. The molecule has 0 atom stereocenters. The van der Waals surface area contributed by atoms with Crippen molar-refractivity contribution in [1.82, 2.24) is 4.90 Å². The summed E-state index contributed by atoms with van der Waals surface area (Å²) in [6, 6.07) is 15.4. The first-order valence-corrected chi connectivity index (χ1v) is 9.36. The van der Waals surface area contributed by atoms with E-state index in [4.69, 9.17) is 4.74 Å². The van der Waals surface area contributed by atoms with Gasteiger partial charge in [-0.25, -0.2) is 0 Å². The molecule has 5 heteroatoms.